The Bertz CT molecular complexity index is 325. The highest BCUT2D eigenvalue weighted by Gasteiger charge is 2.35. The van der Waals surface area contributed by atoms with Crippen LogP contribution in [0.4, 0.5) is 13.2 Å². The van der Waals surface area contributed by atoms with Crippen LogP contribution in [0.2, 0.25) is 0 Å². The van der Waals surface area contributed by atoms with Crippen LogP contribution in [0.1, 0.15) is 27.2 Å². The molecule has 0 amide bonds. The second-order valence-electron chi connectivity index (χ2n) is 4.58. The molecule has 0 aromatic heterocycles. The van der Waals surface area contributed by atoms with Crippen LogP contribution in [-0.4, -0.2) is 38.2 Å². The van der Waals surface area contributed by atoms with Gasteiger partial charge in [-0.15, -0.1) is 0 Å². The summed E-state index contributed by atoms with van der Waals surface area (Å²) >= 11 is 0. The molecule has 0 aliphatic heterocycles. The molecule has 0 heterocycles. The van der Waals surface area contributed by atoms with E-state index in [2.05, 4.69) is 0 Å². The first kappa shape index (κ1) is 16.7. The van der Waals surface area contributed by atoms with Crippen molar-refractivity contribution in [2.24, 2.45) is 11.8 Å². The summed E-state index contributed by atoms with van der Waals surface area (Å²) in [5.41, 5.74) is 0. The third-order valence-electron chi connectivity index (χ3n) is 2.73. The Hall–Kier alpha value is -0.300. The van der Waals surface area contributed by atoms with Gasteiger partial charge in [0.1, 0.15) is 6.54 Å². The van der Waals surface area contributed by atoms with E-state index < -0.39 is 22.7 Å². The molecular formula is C10H20F3NO2S. The van der Waals surface area contributed by atoms with Gasteiger partial charge < -0.3 is 0 Å². The molecule has 1 unspecified atom stereocenters. The van der Waals surface area contributed by atoms with Gasteiger partial charge in [-0.3, -0.25) is 0 Å². The van der Waals surface area contributed by atoms with E-state index >= 15 is 0 Å². The van der Waals surface area contributed by atoms with Gasteiger partial charge in [0.05, 0.1) is 6.26 Å². The summed E-state index contributed by atoms with van der Waals surface area (Å²) in [5, 5.41) is 0. The largest absolute Gasteiger partial charge is 0.402 e. The average molecular weight is 275 g/mol. The fourth-order valence-corrected chi connectivity index (χ4v) is 2.43. The summed E-state index contributed by atoms with van der Waals surface area (Å²) in [4.78, 5) is 0. The van der Waals surface area contributed by atoms with Crippen molar-refractivity contribution in [1.29, 1.82) is 0 Å². The predicted octanol–water partition coefficient (Wildman–Crippen LogP) is 2.49. The van der Waals surface area contributed by atoms with Crippen LogP contribution in [0.5, 0.6) is 0 Å². The average Bonchev–Trinajstić information content (AvgIpc) is 2.07. The first-order chi connectivity index (χ1) is 7.47. The fourth-order valence-electron chi connectivity index (χ4n) is 1.59. The predicted molar refractivity (Wildman–Crippen MR) is 61.1 cm³/mol. The number of hydrogen-bond donors (Lipinski definition) is 0. The number of sulfonamides is 1. The van der Waals surface area contributed by atoms with E-state index in [9.17, 15) is 21.6 Å². The lowest BCUT2D eigenvalue weighted by atomic mass is 9.93. The molecule has 104 valence electrons. The van der Waals surface area contributed by atoms with Gasteiger partial charge in [-0.1, -0.05) is 27.2 Å². The monoisotopic (exact) mass is 275 g/mol. The minimum Gasteiger partial charge on any atom is -0.213 e. The Morgan fingerprint density at radius 3 is 1.94 bits per heavy atom. The summed E-state index contributed by atoms with van der Waals surface area (Å²) in [7, 11) is -3.82. The maximum absolute atomic E-state index is 12.3. The standard InChI is InChI=1S/C10H20F3NO2S/c1-5-9(8(2)3)6-14(17(4,15)16)7-10(11,12)13/h8-9H,5-7H2,1-4H3. The first-order valence-electron chi connectivity index (χ1n) is 5.49. The van der Waals surface area contributed by atoms with Gasteiger partial charge in [-0.05, 0) is 11.8 Å². The van der Waals surface area contributed by atoms with E-state index in [1.165, 1.54) is 0 Å². The maximum Gasteiger partial charge on any atom is 0.402 e. The zero-order valence-electron chi connectivity index (χ0n) is 10.6. The van der Waals surface area contributed by atoms with Gasteiger partial charge in [0, 0.05) is 6.54 Å². The van der Waals surface area contributed by atoms with Crippen LogP contribution in [0, 0.1) is 11.8 Å². The molecule has 17 heavy (non-hydrogen) atoms. The van der Waals surface area contributed by atoms with Crippen molar-refractivity contribution in [3.63, 3.8) is 0 Å². The second-order valence-corrected chi connectivity index (χ2v) is 6.57. The minimum atomic E-state index is -4.50. The normalized spacial score (nSPS) is 15.6. The van der Waals surface area contributed by atoms with E-state index in [0.717, 1.165) is 6.26 Å². The molecule has 0 aromatic rings. The summed E-state index contributed by atoms with van der Waals surface area (Å²) in [6.45, 7) is 4.12. The zero-order chi connectivity index (χ0) is 13.9. The van der Waals surface area contributed by atoms with Crippen LogP contribution in [0.15, 0.2) is 0 Å². The molecule has 0 aliphatic rings. The molecule has 0 aliphatic carbocycles. The highest BCUT2D eigenvalue weighted by Crippen LogP contribution is 2.22. The van der Waals surface area contributed by atoms with E-state index in [4.69, 9.17) is 0 Å². The van der Waals surface area contributed by atoms with E-state index in [0.29, 0.717) is 10.7 Å². The number of alkyl halides is 3. The SMILES string of the molecule is CCC(CN(CC(F)(F)F)S(C)(=O)=O)C(C)C. The summed E-state index contributed by atoms with van der Waals surface area (Å²) in [6, 6.07) is 0. The quantitative estimate of drug-likeness (QED) is 0.747. The third-order valence-corrected chi connectivity index (χ3v) is 3.95. The van der Waals surface area contributed by atoms with Crippen LogP contribution in [0.3, 0.4) is 0 Å². The molecule has 0 aromatic carbocycles. The molecule has 3 nitrogen and oxygen atoms in total. The molecule has 0 rings (SSSR count). The third kappa shape index (κ3) is 6.88. The zero-order valence-corrected chi connectivity index (χ0v) is 11.4. The van der Waals surface area contributed by atoms with Gasteiger partial charge in [-0.25, -0.2) is 8.42 Å². The lowest BCUT2D eigenvalue weighted by molar-refractivity contribution is -0.137. The van der Waals surface area contributed by atoms with Crippen LogP contribution in [-0.2, 0) is 10.0 Å². The lowest BCUT2D eigenvalue weighted by Crippen LogP contribution is -2.42. The maximum atomic E-state index is 12.3. The topological polar surface area (TPSA) is 37.4 Å². The van der Waals surface area contributed by atoms with Crippen molar-refractivity contribution in [1.82, 2.24) is 4.31 Å². The molecule has 7 heteroatoms. The first-order valence-corrected chi connectivity index (χ1v) is 7.34. The number of nitrogens with zero attached hydrogens (tertiary/aromatic N) is 1. The van der Waals surface area contributed by atoms with Gasteiger partial charge in [-0.2, -0.15) is 17.5 Å². The number of rotatable bonds is 6. The van der Waals surface area contributed by atoms with Gasteiger partial charge in [0.2, 0.25) is 10.0 Å². The fraction of sp³-hybridized carbons (Fsp3) is 1.00. The van der Waals surface area contributed by atoms with E-state index in [-0.39, 0.29) is 18.4 Å². The molecular weight excluding hydrogens is 255 g/mol. The van der Waals surface area contributed by atoms with Crippen molar-refractivity contribution in [2.45, 2.75) is 33.4 Å². The number of halogens is 3. The molecule has 0 fully saturated rings. The van der Waals surface area contributed by atoms with Gasteiger partial charge in [0.25, 0.3) is 0 Å². The Morgan fingerprint density at radius 1 is 1.24 bits per heavy atom. The van der Waals surface area contributed by atoms with Crippen LogP contribution in [0.25, 0.3) is 0 Å². The van der Waals surface area contributed by atoms with Gasteiger partial charge >= 0.3 is 6.18 Å². The van der Waals surface area contributed by atoms with Crippen molar-refractivity contribution in [3.8, 4) is 0 Å². The molecule has 0 N–H and O–H groups in total. The molecule has 0 spiro atoms. The van der Waals surface area contributed by atoms with Crippen molar-refractivity contribution in [2.75, 3.05) is 19.3 Å². The van der Waals surface area contributed by atoms with Crippen molar-refractivity contribution >= 4 is 10.0 Å². The molecule has 0 saturated carbocycles. The molecule has 0 saturated heterocycles. The second kappa shape index (κ2) is 6.04. The minimum absolute atomic E-state index is 0.0629. The highest BCUT2D eigenvalue weighted by atomic mass is 32.2. The van der Waals surface area contributed by atoms with E-state index in [1.807, 2.05) is 20.8 Å². The van der Waals surface area contributed by atoms with Crippen LogP contribution >= 0.6 is 0 Å². The Balaban J connectivity index is 4.84. The Labute approximate surface area is 101 Å². The Kier molecular flexibility index (Phi) is 5.93. The molecule has 0 radical (unpaired) electrons. The summed E-state index contributed by atoms with van der Waals surface area (Å²) < 4.78 is 60.0. The molecule has 1 atom stereocenters. The number of hydrogen-bond acceptors (Lipinski definition) is 2. The smallest absolute Gasteiger partial charge is 0.213 e. The van der Waals surface area contributed by atoms with Crippen molar-refractivity contribution in [3.05, 3.63) is 0 Å². The highest BCUT2D eigenvalue weighted by molar-refractivity contribution is 7.88. The summed E-state index contributed by atoms with van der Waals surface area (Å²) in [5.74, 6) is 0.0876. The van der Waals surface area contributed by atoms with Crippen molar-refractivity contribution < 1.29 is 21.6 Å². The van der Waals surface area contributed by atoms with E-state index in [1.54, 1.807) is 0 Å². The summed E-state index contributed by atoms with van der Waals surface area (Å²) in [6.07, 6.45) is -3.04. The van der Waals surface area contributed by atoms with Gasteiger partial charge in [0.15, 0.2) is 0 Å². The Morgan fingerprint density at radius 2 is 1.71 bits per heavy atom. The van der Waals surface area contributed by atoms with Crippen LogP contribution < -0.4 is 0 Å². The molecule has 0 bridgehead atoms. The lowest BCUT2D eigenvalue weighted by Gasteiger charge is -2.27.